The molecule has 0 aromatic heterocycles. The van der Waals surface area contributed by atoms with Gasteiger partial charge in [0.05, 0.1) is 17.2 Å². The fraction of sp³-hybridized carbons (Fsp3) is 0.133. The van der Waals surface area contributed by atoms with E-state index in [1.54, 1.807) is 42.5 Å². The van der Waals surface area contributed by atoms with Crippen LogP contribution in [0.25, 0.3) is 0 Å². The molecule has 2 aromatic carbocycles. The Labute approximate surface area is 127 Å². The summed E-state index contributed by atoms with van der Waals surface area (Å²) >= 11 is 6.06. The van der Waals surface area contributed by atoms with Gasteiger partial charge in [-0.15, -0.1) is 0 Å². The minimum Gasteiger partial charge on any atom is -0.494 e. The Bertz CT molecular complexity index is 642. The van der Waals surface area contributed by atoms with Crippen LogP contribution in [-0.2, 0) is 0 Å². The summed E-state index contributed by atoms with van der Waals surface area (Å²) in [5, 5.41) is 12.1. The van der Waals surface area contributed by atoms with Gasteiger partial charge in [-0.1, -0.05) is 22.8 Å². The highest BCUT2D eigenvalue weighted by Crippen LogP contribution is 2.31. The van der Waals surface area contributed by atoms with E-state index < -0.39 is 0 Å². The van der Waals surface area contributed by atoms with E-state index in [1.165, 1.54) is 0 Å². The lowest BCUT2D eigenvalue weighted by Crippen LogP contribution is -2.14. The van der Waals surface area contributed by atoms with E-state index in [2.05, 4.69) is 5.16 Å². The van der Waals surface area contributed by atoms with Crippen LogP contribution in [-0.4, -0.2) is 17.6 Å². The van der Waals surface area contributed by atoms with Gasteiger partial charge in [-0.2, -0.15) is 0 Å². The van der Waals surface area contributed by atoms with Crippen LogP contribution >= 0.6 is 11.6 Å². The summed E-state index contributed by atoms with van der Waals surface area (Å²) in [6.07, 6.45) is 0. The molecular weight excluding hydrogens is 292 g/mol. The lowest BCUT2D eigenvalue weighted by molar-refractivity contribution is 0.318. The van der Waals surface area contributed by atoms with E-state index >= 15 is 0 Å². The van der Waals surface area contributed by atoms with Crippen molar-refractivity contribution in [1.82, 2.24) is 0 Å². The van der Waals surface area contributed by atoms with Gasteiger partial charge in [0.2, 0.25) is 0 Å². The molecule has 5 nitrogen and oxygen atoms in total. The quantitative estimate of drug-likeness (QED) is 0.383. The predicted molar refractivity (Wildman–Crippen MR) is 81.6 cm³/mol. The Morgan fingerprint density at radius 1 is 1.19 bits per heavy atom. The monoisotopic (exact) mass is 306 g/mol. The van der Waals surface area contributed by atoms with Crippen molar-refractivity contribution in [2.75, 3.05) is 6.61 Å². The van der Waals surface area contributed by atoms with Crippen molar-refractivity contribution in [3.63, 3.8) is 0 Å². The first-order valence-electron chi connectivity index (χ1n) is 6.32. The number of hydrogen-bond acceptors (Lipinski definition) is 4. The van der Waals surface area contributed by atoms with Crippen LogP contribution in [0.1, 0.15) is 12.5 Å². The highest BCUT2D eigenvalue weighted by Gasteiger charge is 2.13. The number of hydrogen-bond donors (Lipinski definition) is 2. The minimum atomic E-state index is -0.110. The van der Waals surface area contributed by atoms with Gasteiger partial charge in [-0.3, -0.25) is 0 Å². The van der Waals surface area contributed by atoms with E-state index in [0.717, 1.165) is 5.75 Å². The molecule has 0 fully saturated rings. The van der Waals surface area contributed by atoms with Crippen molar-refractivity contribution >= 4 is 17.4 Å². The number of rotatable bonds is 5. The molecule has 110 valence electrons. The molecule has 0 radical (unpaired) electrons. The second-order valence-electron chi connectivity index (χ2n) is 4.10. The molecule has 0 amide bonds. The first-order chi connectivity index (χ1) is 10.2. The SMILES string of the molecule is CCOc1ccc(Oc2cccc(Cl)c2C(N)=NO)cc1. The Kier molecular flexibility index (Phi) is 4.90. The van der Waals surface area contributed by atoms with E-state index in [4.69, 9.17) is 32.0 Å². The van der Waals surface area contributed by atoms with Crippen molar-refractivity contribution in [3.8, 4) is 17.2 Å². The second-order valence-corrected chi connectivity index (χ2v) is 4.51. The van der Waals surface area contributed by atoms with Gasteiger partial charge >= 0.3 is 0 Å². The van der Waals surface area contributed by atoms with Crippen molar-refractivity contribution in [3.05, 3.63) is 53.1 Å². The zero-order chi connectivity index (χ0) is 15.2. The van der Waals surface area contributed by atoms with Crippen LogP contribution in [0.3, 0.4) is 0 Å². The van der Waals surface area contributed by atoms with Gasteiger partial charge in [0, 0.05) is 0 Å². The Balaban J connectivity index is 2.29. The molecule has 0 aliphatic rings. The van der Waals surface area contributed by atoms with Crippen molar-refractivity contribution in [1.29, 1.82) is 0 Å². The minimum absolute atomic E-state index is 0.110. The van der Waals surface area contributed by atoms with Gasteiger partial charge in [-0.05, 0) is 43.3 Å². The zero-order valence-electron chi connectivity index (χ0n) is 11.4. The number of nitrogens with zero attached hydrogens (tertiary/aromatic N) is 1. The highest BCUT2D eigenvalue weighted by atomic mass is 35.5. The molecule has 21 heavy (non-hydrogen) atoms. The van der Waals surface area contributed by atoms with Crippen molar-refractivity contribution < 1.29 is 14.7 Å². The largest absolute Gasteiger partial charge is 0.494 e. The first kappa shape index (κ1) is 15.0. The summed E-state index contributed by atoms with van der Waals surface area (Å²) in [7, 11) is 0. The molecule has 0 bridgehead atoms. The first-order valence-corrected chi connectivity index (χ1v) is 6.70. The maximum atomic E-state index is 8.83. The van der Waals surface area contributed by atoms with Gasteiger partial charge in [0.15, 0.2) is 5.84 Å². The van der Waals surface area contributed by atoms with Gasteiger partial charge in [0.25, 0.3) is 0 Å². The van der Waals surface area contributed by atoms with Crippen LogP contribution in [0, 0.1) is 0 Å². The summed E-state index contributed by atoms with van der Waals surface area (Å²) < 4.78 is 11.1. The van der Waals surface area contributed by atoms with E-state index in [0.29, 0.717) is 28.7 Å². The molecule has 0 unspecified atom stereocenters. The maximum absolute atomic E-state index is 8.83. The van der Waals surface area contributed by atoms with E-state index in [-0.39, 0.29) is 5.84 Å². The second kappa shape index (κ2) is 6.85. The van der Waals surface area contributed by atoms with E-state index in [9.17, 15) is 0 Å². The third-order valence-corrected chi connectivity index (χ3v) is 3.02. The summed E-state index contributed by atoms with van der Waals surface area (Å²) in [5.74, 6) is 1.64. The molecule has 0 aliphatic heterocycles. The molecule has 0 heterocycles. The Morgan fingerprint density at radius 2 is 1.86 bits per heavy atom. The molecule has 0 atom stereocenters. The van der Waals surface area contributed by atoms with Gasteiger partial charge < -0.3 is 20.4 Å². The van der Waals surface area contributed by atoms with Crippen molar-refractivity contribution in [2.45, 2.75) is 6.92 Å². The number of amidine groups is 1. The molecule has 2 rings (SSSR count). The lowest BCUT2D eigenvalue weighted by Gasteiger charge is -2.12. The number of oxime groups is 1. The van der Waals surface area contributed by atoms with Crippen LogP contribution in [0.15, 0.2) is 47.6 Å². The maximum Gasteiger partial charge on any atom is 0.175 e. The number of halogens is 1. The third-order valence-electron chi connectivity index (χ3n) is 2.70. The van der Waals surface area contributed by atoms with Gasteiger partial charge in [-0.25, -0.2) is 0 Å². The fourth-order valence-electron chi connectivity index (χ4n) is 1.79. The molecule has 6 heteroatoms. The molecular formula is C15H15ClN2O3. The van der Waals surface area contributed by atoms with Gasteiger partial charge in [0.1, 0.15) is 17.2 Å². The highest BCUT2D eigenvalue weighted by molar-refractivity contribution is 6.34. The summed E-state index contributed by atoms with van der Waals surface area (Å²) in [4.78, 5) is 0. The summed E-state index contributed by atoms with van der Waals surface area (Å²) in [5.41, 5.74) is 5.97. The zero-order valence-corrected chi connectivity index (χ0v) is 12.2. The predicted octanol–water partition coefficient (Wildman–Crippen LogP) is 3.63. The fourth-order valence-corrected chi connectivity index (χ4v) is 2.05. The lowest BCUT2D eigenvalue weighted by atomic mass is 10.2. The average molecular weight is 307 g/mol. The number of ether oxygens (including phenoxy) is 2. The standard InChI is InChI=1S/C15H15ClN2O3/c1-2-20-10-6-8-11(9-7-10)21-13-5-3-4-12(16)14(13)15(17)18-19/h3-9,19H,2H2,1H3,(H2,17,18). The normalized spacial score (nSPS) is 11.2. The summed E-state index contributed by atoms with van der Waals surface area (Å²) in [6.45, 7) is 2.52. The topological polar surface area (TPSA) is 77.1 Å². The third kappa shape index (κ3) is 3.58. The molecule has 0 spiro atoms. The molecule has 2 aromatic rings. The molecule has 0 saturated heterocycles. The van der Waals surface area contributed by atoms with Crippen molar-refractivity contribution in [2.24, 2.45) is 10.9 Å². The Hall–Kier alpha value is -2.40. The van der Waals surface area contributed by atoms with Crippen LogP contribution in [0.5, 0.6) is 17.2 Å². The Morgan fingerprint density at radius 3 is 2.48 bits per heavy atom. The average Bonchev–Trinajstić information content (AvgIpc) is 2.49. The molecule has 0 saturated carbocycles. The summed E-state index contributed by atoms with van der Waals surface area (Å²) in [6, 6.07) is 12.2. The van der Waals surface area contributed by atoms with Crippen LogP contribution in [0.2, 0.25) is 5.02 Å². The number of nitrogens with two attached hydrogens (primary N) is 1. The smallest absolute Gasteiger partial charge is 0.175 e. The number of benzene rings is 2. The van der Waals surface area contributed by atoms with E-state index in [1.807, 2.05) is 6.92 Å². The molecule has 3 N–H and O–H groups in total. The van der Waals surface area contributed by atoms with Crippen LogP contribution in [0.4, 0.5) is 0 Å². The van der Waals surface area contributed by atoms with Crippen LogP contribution < -0.4 is 15.2 Å². The molecule has 0 aliphatic carbocycles.